The normalized spacial score (nSPS) is 20.4. The fourth-order valence-corrected chi connectivity index (χ4v) is 2.53. The molecule has 0 spiro atoms. The van der Waals surface area contributed by atoms with Gasteiger partial charge in [-0.05, 0) is 26.2 Å². The van der Waals surface area contributed by atoms with Crippen molar-refractivity contribution in [2.45, 2.75) is 32.4 Å². The van der Waals surface area contributed by atoms with Crippen LogP contribution in [0.1, 0.15) is 31.2 Å². The summed E-state index contributed by atoms with van der Waals surface area (Å²) in [6, 6.07) is 0. The predicted molar refractivity (Wildman–Crippen MR) is 66.3 cm³/mol. The maximum absolute atomic E-state index is 11.6. The lowest BCUT2D eigenvalue weighted by Gasteiger charge is -2.23. The first-order chi connectivity index (χ1) is 8.68. The summed E-state index contributed by atoms with van der Waals surface area (Å²) >= 11 is 0. The summed E-state index contributed by atoms with van der Waals surface area (Å²) in [7, 11) is 1.72. The van der Waals surface area contributed by atoms with Crippen molar-refractivity contribution in [2.24, 2.45) is 7.05 Å². The van der Waals surface area contributed by atoms with Gasteiger partial charge in [-0.3, -0.25) is 4.57 Å². The largest absolute Gasteiger partial charge is 0.357 e. The second kappa shape index (κ2) is 4.20. The van der Waals surface area contributed by atoms with Gasteiger partial charge in [0.2, 0.25) is 0 Å². The summed E-state index contributed by atoms with van der Waals surface area (Å²) < 4.78 is 9.16. The molecule has 2 aromatic heterocycles. The van der Waals surface area contributed by atoms with Crippen LogP contribution in [0.3, 0.4) is 0 Å². The van der Waals surface area contributed by atoms with Crippen LogP contribution in [0.25, 0.3) is 11.0 Å². The van der Waals surface area contributed by atoms with Crippen LogP contribution in [0.5, 0.6) is 0 Å². The minimum atomic E-state index is -0.255. The van der Waals surface area contributed by atoms with Crippen molar-refractivity contribution in [3.63, 3.8) is 0 Å². The Labute approximate surface area is 104 Å². The van der Waals surface area contributed by atoms with Crippen molar-refractivity contribution in [3.05, 3.63) is 22.4 Å². The molecule has 0 amide bonds. The van der Waals surface area contributed by atoms with Crippen LogP contribution < -0.4 is 5.69 Å². The quantitative estimate of drug-likeness (QED) is 0.759. The van der Waals surface area contributed by atoms with Crippen LogP contribution in [-0.4, -0.2) is 25.9 Å². The van der Waals surface area contributed by atoms with Crippen molar-refractivity contribution in [1.82, 2.24) is 19.3 Å². The number of hydrogen-bond acceptors (Lipinski definition) is 4. The fourth-order valence-electron chi connectivity index (χ4n) is 2.53. The van der Waals surface area contributed by atoms with Crippen LogP contribution in [0.4, 0.5) is 0 Å². The van der Waals surface area contributed by atoms with Crippen LogP contribution >= 0.6 is 0 Å². The molecule has 1 fully saturated rings. The maximum atomic E-state index is 11.6. The molecule has 1 unspecified atom stereocenters. The molecule has 0 N–H and O–H groups in total. The minimum absolute atomic E-state index is 0.0127. The van der Waals surface area contributed by atoms with Gasteiger partial charge in [0.15, 0.2) is 6.23 Å². The molecule has 96 valence electrons. The Morgan fingerprint density at radius 1 is 1.44 bits per heavy atom. The maximum Gasteiger partial charge on any atom is 0.347 e. The Morgan fingerprint density at radius 2 is 2.28 bits per heavy atom. The average Bonchev–Trinajstić information content (AvgIpc) is 2.73. The number of hydrogen-bond donors (Lipinski definition) is 0. The zero-order valence-electron chi connectivity index (χ0n) is 10.6. The summed E-state index contributed by atoms with van der Waals surface area (Å²) in [5.74, 6) is 0. The third-order valence-corrected chi connectivity index (χ3v) is 3.49. The number of aryl methyl sites for hydroxylation is 2. The summed E-state index contributed by atoms with van der Waals surface area (Å²) in [6.07, 6.45) is 4.75. The van der Waals surface area contributed by atoms with E-state index in [0.717, 1.165) is 42.6 Å². The lowest BCUT2D eigenvalue weighted by Crippen LogP contribution is -2.21. The molecule has 2 aromatic rings. The van der Waals surface area contributed by atoms with Crippen molar-refractivity contribution >= 4 is 11.0 Å². The van der Waals surface area contributed by atoms with Gasteiger partial charge in [0.05, 0.1) is 17.4 Å². The number of aromatic nitrogens is 4. The third kappa shape index (κ3) is 1.64. The topological polar surface area (TPSA) is 61.9 Å². The lowest BCUT2D eigenvalue weighted by atomic mass is 10.2. The monoisotopic (exact) mass is 248 g/mol. The Kier molecular flexibility index (Phi) is 2.66. The number of nitrogens with zero attached hydrogens (tertiary/aromatic N) is 4. The lowest BCUT2D eigenvalue weighted by molar-refractivity contribution is -0.0402. The summed E-state index contributed by atoms with van der Waals surface area (Å²) in [5, 5.41) is 4.51. The van der Waals surface area contributed by atoms with E-state index in [0.29, 0.717) is 0 Å². The molecule has 3 rings (SSSR count). The Morgan fingerprint density at radius 3 is 3.00 bits per heavy atom. The first-order valence-corrected chi connectivity index (χ1v) is 6.21. The molecule has 6 nitrogen and oxygen atoms in total. The molecule has 0 aromatic carbocycles. The van der Waals surface area contributed by atoms with Crippen LogP contribution in [0, 0.1) is 6.92 Å². The van der Waals surface area contributed by atoms with Gasteiger partial charge in [-0.2, -0.15) is 10.1 Å². The predicted octanol–water partition coefficient (Wildman–Crippen LogP) is 1.14. The Balaban J connectivity index is 2.16. The standard InChI is InChI=1S/C12H16N4O2/c1-8-11-9(7-13-12(17)15(11)2)14-16(8)10-5-3-4-6-18-10/h7,10H,3-6H2,1-2H3. The molecule has 18 heavy (non-hydrogen) atoms. The number of rotatable bonds is 1. The molecular weight excluding hydrogens is 232 g/mol. The van der Waals surface area contributed by atoms with Gasteiger partial charge < -0.3 is 4.74 Å². The van der Waals surface area contributed by atoms with Gasteiger partial charge in [0, 0.05) is 13.7 Å². The SMILES string of the molecule is Cc1c2c(cnc(=O)n2C)nn1C1CCCCO1. The highest BCUT2D eigenvalue weighted by Gasteiger charge is 2.21. The molecule has 0 saturated carbocycles. The van der Waals surface area contributed by atoms with Crippen LogP contribution in [0.2, 0.25) is 0 Å². The van der Waals surface area contributed by atoms with Gasteiger partial charge in [0.25, 0.3) is 0 Å². The highest BCUT2D eigenvalue weighted by Crippen LogP contribution is 2.26. The summed E-state index contributed by atoms with van der Waals surface area (Å²) in [6.45, 7) is 2.74. The molecule has 1 atom stereocenters. The van der Waals surface area contributed by atoms with Crippen molar-refractivity contribution in [1.29, 1.82) is 0 Å². The molecule has 6 heteroatoms. The number of ether oxygens (including phenoxy) is 1. The Bertz CT molecular complexity index is 637. The van der Waals surface area contributed by atoms with E-state index in [4.69, 9.17) is 4.74 Å². The highest BCUT2D eigenvalue weighted by molar-refractivity contribution is 5.76. The highest BCUT2D eigenvalue weighted by atomic mass is 16.5. The van der Waals surface area contributed by atoms with Crippen molar-refractivity contribution < 1.29 is 4.74 Å². The van der Waals surface area contributed by atoms with E-state index in [9.17, 15) is 4.79 Å². The van der Waals surface area contributed by atoms with E-state index in [1.54, 1.807) is 7.05 Å². The third-order valence-electron chi connectivity index (χ3n) is 3.49. The first-order valence-electron chi connectivity index (χ1n) is 6.21. The van der Waals surface area contributed by atoms with Gasteiger partial charge >= 0.3 is 5.69 Å². The molecule has 0 radical (unpaired) electrons. The van der Waals surface area contributed by atoms with Gasteiger partial charge in [-0.15, -0.1) is 0 Å². The molecule has 3 heterocycles. The first kappa shape index (κ1) is 11.4. The van der Waals surface area contributed by atoms with E-state index < -0.39 is 0 Å². The van der Waals surface area contributed by atoms with Gasteiger partial charge in [-0.25, -0.2) is 9.48 Å². The zero-order valence-corrected chi connectivity index (χ0v) is 10.6. The second-order valence-corrected chi connectivity index (χ2v) is 4.68. The van der Waals surface area contributed by atoms with Crippen molar-refractivity contribution in [2.75, 3.05) is 6.61 Å². The number of fused-ring (bicyclic) bond motifs is 1. The van der Waals surface area contributed by atoms with E-state index in [-0.39, 0.29) is 11.9 Å². The van der Waals surface area contributed by atoms with Crippen LogP contribution in [0.15, 0.2) is 11.0 Å². The van der Waals surface area contributed by atoms with Gasteiger partial charge in [0.1, 0.15) is 5.52 Å². The minimum Gasteiger partial charge on any atom is -0.357 e. The van der Waals surface area contributed by atoms with E-state index in [1.807, 2.05) is 11.6 Å². The molecule has 1 aliphatic rings. The average molecular weight is 248 g/mol. The zero-order chi connectivity index (χ0) is 12.7. The van der Waals surface area contributed by atoms with Crippen LogP contribution in [-0.2, 0) is 11.8 Å². The van der Waals surface area contributed by atoms with E-state index in [2.05, 4.69) is 10.1 Å². The summed E-state index contributed by atoms with van der Waals surface area (Å²) in [5.41, 5.74) is 2.28. The second-order valence-electron chi connectivity index (χ2n) is 4.68. The van der Waals surface area contributed by atoms with Gasteiger partial charge in [-0.1, -0.05) is 0 Å². The molecule has 0 bridgehead atoms. The molecular formula is C12H16N4O2. The van der Waals surface area contributed by atoms with E-state index >= 15 is 0 Å². The van der Waals surface area contributed by atoms with E-state index in [1.165, 1.54) is 10.8 Å². The molecule has 0 aliphatic carbocycles. The smallest absolute Gasteiger partial charge is 0.347 e. The Hall–Kier alpha value is -1.69. The fraction of sp³-hybridized carbons (Fsp3) is 0.583. The summed E-state index contributed by atoms with van der Waals surface area (Å²) in [4.78, 5) is 15.4. The molecule has 1 aliphatic heterocycles. The van der Waals surface area contributed by atoms with Crippen molar-refractivity contribution in [3.8, 4) is 0 Å². The molecule has 1 saturated heterocycles.